The number of hydrazone groups is 1. The minimum atomic E-state index is 0.470. The number of nitrogens with one attached hydrogen (secondary N) is 1. The van der Waals surface area contributed by atoms with Crippen molar-refractivity contribution in [1.82, 2.24) is 9.99 Å². The van der Waals surface area contributed by atoms with Gasteiger partial charge in [-0.3, -0.25) is 0 Å². The van der Waals surface area contributed by atoms with E-state index in [2.05, 4.69) is 57.0 Å². The number of hydrogen-bond acceptors (Lipinski definition) is 2. The summed E-state index contributed by atoms with van der Waals surface area (Å²) in [5.41, 5.74) is 8.29. The van der Waals surface area contributed by atoms with Crippen LogP contribution in [0.5, 0.6) is 0 Å². The number of rotatable bonds is 5. The number of para-hydroxylation sites is 1. The van der Waals surface area contributed by atoms with Crippen LogP contribution in [-0.2, 0) is 6.54 Å². The van der Waals surface area contributed by atoms with Crippen LogP contribution in [0.2, 0.25) is 10.0 Å². The fraction of sp³-hybridized carbons (Fsp3) is 0.150. The highest BCUT2D eigenvalue weighted by Gasteiger charge is 2.11. The number of aromatic nitrogens is 1. The average molecular weight is 451 g/mol. The SMILES string of the molecule is Cc1cc(/C=N/NCc2c(Cl)cccc2Cl)c(C)n1-c1ccccc1Br. The van der Waals surface area contributed by atoms with Gasteiger partial charge in [-0.2, -0.15) is 5.10 Å². The quantitative estimate of drug-likeness (QED) is 0.359. The van der Waals surface area contributed by atoms with Gasteiger partial charge in [0.05, 0.1) is 18.4 Å². The van der Waals surface area contributed by atoms with Crippen molar-refractivity contribution in [1.29, 1.82) is 0 Å². The molecule has 0 aliphatic carbocycles. The van der Waals surface area contributed by atoms with Gasteiger partial charge in [0.25, 0.3) is 0 Å². The lowest BCUT2D eigenvalue weighted by molar-refractivity contribution is 0.748. The Balaban J connectivity index is 1.78. The zero-order valence-corrected chi connectivity index (χ0v) is 17.5. The normalized spacial score (nSPS) is 11.3. The van der Waals surface area contributed by atoms with Crippen molar-refractivity contribution >= 4 is 45.3 Å². The molecule has 0 amide bonds. The van der Waals surface area contributed by atoms with Gasteiger partial charge in [-0.25, -0.2) is 0 Å². The first-order valence-electron chi connectivity index (χ1n) is 8.11. The van der Waals surface area contributed by atoms with E-state index in [0.717, 1.165) is 32.7 Å². The summed E-state index contributed by atoms with van der Waals surface area (Å²) < 4.78 is 3.26. The Hall–Kier alpha value is -1.75. The van der Waals surface area contributed by atoms with Crippen LogP contribution >= 0.6 is 39.1 Å². The molecule has 0 saturated heterocycles. The molecular weight excluding hydrogens is 433 g/mol. The Morgan fingerprint density at radius 2 is 1.77 bits per heavy atom. The molecule has 3 nitrogen and oxygen atoms in total. The summed E-state index contributed by atoms with van der Waals surface area (Å²) in [7, 11) is 0. The molecule has 26 heavy (non-hydrogen) atoms. The van der Waals surface area contributed by atoms with E-state index in [1.807, 2.05) is 42.6 Å². The first kappa shape index (κ1) is 19.0. The highest BCUT2D eigenvalue weighted by molar-refractivity contribution is 9.10. The van der Waals surface area contributed by atoms with Crippen LogP contribution in [-0.4, -0.2) is 10.8 Å². The fourth-order valence-corrected chi connectivity index (χ4v) is 3.86. The number of halogens is 3. The standard InChI is InChI=1S/C20H18BrCl2N3/c1-13-10-15(14(2)26(13)20-9-4-3-6-17(20)21)11-24-25-12-16-18(22)7-5-8-19(16)23/h3-11,25H,12H2,1-2H3/b24-11+. The van der Waals surface area contributed by atoms with Crippen molar-refractivity contribution in [2.45, 2.75) is 20.4 Å². The van der Waals surface area contributed by atoms with Crippen LogP contribution in [0.3, 0.4) is 0 Å². The minimum Gasteiger partial charge on any atom is -0.317 e. The molecule has 0 spiro atoms. The zero-order chi connectivity index (χ0) is 18.7. The molecule has 0 atom stereocenters. The highest BCUT2D eigenvalue weighted by atomic mass is 79.9. The summed E-state index contributed by atoms with van der Waals surface area (Å²) in [5.74, 6) is 0. The van der Waals surface area contributed by atoms with Gasteiger partial charge in [0, 0.05) is 37.0 Å². The lowest BCUT2D eigenvalue weighted by Crippen LogP contribution is -2.07. The van der Waals surface area contributed by atoms with Crippen LogP contribution < -0.4 is 5.43 Å². The third-order valence-corrected chi connectivity index (χ3v) is 5.55. The number of benzene rings is 2. The minimum absolute atomic E-state index is 0.470. The molecule has 1 aromatic heterocycles. The second-order valence-corrected chi connectivity index (χ2v) is 7.58. The maximum absolute atomic E-state index is 6.17. The van der Waals surface area contributed by atoms with E-state index in [1.165, 1.54) is 0 Å². The van der Waals surface area contributed by atoms with Crippen molar-refractivity contribution < 1.29 is 0 Å². The van der Waals surface area contributed by atoms with Crippen molar-refractivity contribution in [3.63, 3.8) is 0 Å². The topological polar surface area (TPSA) is 29.3 Å². The van der Waals surface area contributed by atoms with Crippen molar-refractivity contribution in [2.24, 2.45) is 5.10 Å². The van der Waals surface area contributed by atoms with E-state index < -0.39 is 0 Å². The molecule has 1 N–H and O–H groups in total. The second kappa shape index (κ2) is 8.30. The lowest BCUT2D eigenvalue weighted by atomic mass is 10.2. The van der Waals surface area contributed by atoms with Gasteiger partial charge in [0.2, 0.25) is 0 Å². The molecule has 134 valence electrons. The van der Waals surface area contributed by atoms with E-state index >= 15 is 0 Å². The maximum atomic E-state index is 6.17. The largest absolute Gasteiger partial charge is 0.317 e. The van der Waals surface area contributed by atoms with E-state index in [9.17, 15) is 0 Å². The van der Waals surface area contributed by atoms with Crippen LogP contribution in [0.15, 0.2) is 58.1 Å². The van der Waals surface area contributed by atoms with Crippen molar-refractivity contribution in [2.75, 3.05) is 0 Å². The van der Waals surface area contributed by atoms with Crippen LogP contribution in [0.1, 0.15) is 22.5 Å². The summed E-state index contributed by atoms with van der Waals surface area (Å²) in [6.45, 7) is 4.64. The van der Waals surface area contributed by atoms with Crippen LogP contribution in [0.4, 0.5) is 0 Å². The smallest absolute Gasteiger partial charge is 0.0609 e. The number of nitrogens with zero attached hydrogens (tertiary/aromatic N) is 2. The van der Waals surface area contributed by atoms with Gasteiger partial charge < -0.3 is 9.99 Å². The van der Waals surface area contributed by atoms with Gasteiger partial charge >= 0.3 is 0 Å². The molecule has 0 aliphatic rings. The first-order chi connectivity index (χ1) is 12.5. The Kier molecular flexibility index (Phi) is 6.07. The number of aryl methyl sites for hydroxylation is 1. The van der Waals surface area contributed by atoms with Gasteiger partial charge in [-0.05, 0) is 60.1 Å². The van der Waals surface area contributed by atoms with E-state index in [0.29, 0.717) is 16.6 Å². The molecule has 1 heterocycles. The van der Waals surface area contributed by atoms with Crippen molar-refractivity contribution in [3.8, 4) is 5.69 Å². The van der Waals surface area contributed by atoms with Crippen LogP contribution in [0.25, 0.3) is 5.69 Å². The lowest BCUT2D eigenvalue weighted by Gasteiger charge is -2.11. The fourth-order valence-electron chi connectivity index (χ4n) is 2.86. The predicted molar refractivity (Wildman–Crippen MR) is 114 cm³/mol. The monoisotopic (exact) mass is 449 g/mol. The molecule has 3 aromatic rings. The first-order valence-corrected chi connectivity index (χ1v) is 9.66. The molecule has 0 radical (unpaired) electrons. The number of hydrogen-bond donors (Lipinski definition) is 1. The summed E-state index contributed by atoms with van der Waals surface area (Å²) >= 11 is 16.0. The Morgan fingerprint density at radius 1 is 1.08 bits per heavy atom. The third-order valence-electron chi connectivity index (χ3n) is 4.18. The Bertz CT molecular complexity index is 943. The highest BCUT2D eigenvalue weighted by Crippen LogP contribution is 2.26. The third kappa shape index (κ3) is 3.98. The average Bonchev–Trinajstić information content (AvgIpc) is 2.88. The molecule has 2 aromatic carbocycles. The zero-order valence-electron chi connectivity index (χ0n) is 14.4. The molecular formula is C20H18BrCl2N3. The molecule has 0 aliphatic heterocycles. The van der Waals surface area contributed by atoms with Crippen molar-refractivity contribution in [3.05, 3.63) is 85.6 Å². The molecule has 0 saturated carbocycles. The summed E-state index contributed by atoms with van der Waals surface area (Å²) in [6.07, 6.45) is 1.82. The molecule has 0 bridgehead atoms. The molecule has 0 fully saturated rings. The Morgan fingerprint density at radius 3 is 2.46 bits per heavy atom. The molecule has 0 unspecified atom stereocenters. The molecule has 6 heteroatoms. The van der Waals surface area contributed by atoms with Gasteiger partial charge in [0.15, 0.2) is 0 Å². The van der Waals surface area contributed by atoms with Gasteiger partial charge in [0.1, 0.15) is 0 Å². The summed E-state index contributed by atoms with van der Waals surface area (Å²) in [5, 5.41) is 5.60. The predicted octanol–water partition coefficient (Wildman–Crippen LogP) is 6.29. The van der Waals surface area contributed by atoms with E-state index in [-0.39, 0.29) is 0 Å². The van der Waals surface area contributed by atoms with Crippen LogP contribution in [0, 0.1) is 13.8 Å². The van der Waals surface area contributed by atoms with E-state index in [1.54, 1.807) is 0 Å². The van der Waals surface area contributed by atoms with E-state index in [4.69, 9.17) is 23.2 Å². The second-order valence-electron chi connectivity index (χ2n) is 5.91. The summed E-state index contributed by atoms with van der Waals surface area (Å²) in [6, 6.07) is 15.7. The van der Waals surface area contributed by atoms with Gasteiger partial charge in [-0.15, -0.1) is 0 Å². The summed E-state index contributed by atoms with van der Waals surface area (Å²) in [4.78, 5) is 0. The maximum Gasteiger partial charge on any atom is 0.0609 e. The molecule has 3 rings (SSSR count). The Labute approximate surface area is 171 Å². The van der Waals surface area contributed by atoms with Gasteiger partial charge in [-0.1, -0.05) is 41.4 Å².